The van der Waals surface area contributed by atoms with Gasteiger partial charge >= 0.3 is 0 Å². The number of quaternary nitrogens is 1. The van der Waals surface area contributed by atoms with Crippen LogP contribution >= 0.6 is 0 Å². The van der Waals surface area contributed by atoms with Crippen LogP contribution in [0.2, 0.25) is 0 Å². The number of nitrogens with one attached hydrogen (secondary N) is 1. The summed E-state index contributed by atoms with van der Waals surface area (Å²) >= 11 is 0. The molecule has 0 radical (unpaired) electrons. The molecule has 0 aliphatic heterocycles. The molecule has 1 aliphatic rings. The summed E-state index contributed by atoms with van der Waals surface area (Å²) in [4.78, 5) is 15.3. The third kappa shape index (κ3) is 3.18. The second-order valence-corrected chi connectivity index (χ2v) is 6.49. The van der Waals surface area contributed by atoms with E-state index < -0.39 is 0 Å². The maximum atomic E-state index is 12.2. The van der Waals surface area contributed by atoms with Gasteiger partial charge in [-0.3, -0.25) is 4.79 Å². The SMILES string of the molecule is Cc1cc2cc(C[NH2+]C3CCCCC3)c(=O)[nH]c2cc1C. The van der Waals surface area contributed by atoms with Crippen LogP contribution in [0.1, 0.15) is 48.8 Å². The number of benzene rings is 1. The van der Waals surface area contributed by atoms with E-state index in [0.717, 1.165) is 23.0 Å². The van der Waals surface area contributed by atoms with Gasteiger partial charge in [-0.2, -0.15) is 0 Å². The molecule has 0 saturated heterocycles. The lowest BCUT2D eigenvalue weighted by molar-refractivity contribution is -0.706. The highest BCUT2D eigenvalue weighted by Gasteiger charge is 2.16. The number of pyridine rings is 1. The van der Waals surface area contributed by atoms with Gasteiger partial charge in [0.05, 0.1) is 11.6 Å². The zero-order valence-corrected chi connectivity index (χ0v) is 13.0. The van der Waals surface area contributed by atoms with E-state index in [0.29, 0.717) is 6.04 Å². The van der Waals surface area contributed by atoms with E-state index >= 15 is 0 Å². The molecule has 2 aromatic rings. The molecule has 3 rings (SSSR count). The molecule has 0 unspecified atom stereocenters. The molecule has 1 saturated carbocycles. The molecule has 0 amide bonds. The topological polar surface area (TPSA) is 49.5 Å². The summed E-state index contributed by atoms with van der Waals surface area (Å²) in [5.74, 6) is 0. The van der Waals surface area contributed by atoms with Crippen LogP contribution in [0.4, 0.5) is 0 Å². The number of nitrogens with two attached hydrogens (primary N) is 1. The minimum absolute atomic E-state index is 0.0674. The molecular weight excluding hydrogens is 260 g/mol. The Morgan fingerprint density at radius 1 is 1.10 bits per heavy atom. The number of hydrogen-bond acceptors (Lipinski definition) is 1. The molecule has 0 atom stereocenters. The van der Waals surface area contributed by atoms with Crippen molar-refractivity contribution in [1.82, 2.24) is 4.98 Å². The summed E-state index contributed by atoms with van der Waals surface area (Å²) < 4.78 is 0. The standard InChI is InChI=1S/C18H24N2O/c1-12-8-14-10-15(11-19-16-6-4-3-5-7-16)18(21)20-17(14)9-13(12)2/h8-10,16,19H,3-7,11H2,1-2H3,(H,20,21)/p+1. The van der Waals surface area contributed by atoms with Crippen molar-refractivity contribution in [2.45, 2.75) is 58.5 Å². The molecule has 3 nitrogen and oxygen atoms in total. The van der Waals surface area contributed by atoms with Crippen LogP contribution in [0.3, 0.4) is 0 Å². The summed E-state index contributed by atoms with van der Waals surface area (Å²) in [5.41, 5.74) is 4.41. The highest BCUT2D eigenvalue weighted by atomic mass is 16.1. The Labute approximate surface area is 125 Å². The number of rotatable bonds is 3. The first kappa shape index (κ1) is 14.3. The Morgan fingerprint density at radius 3 is 2.57 bits per heavy atom. The zero-order chi connectivity index (χ0) is 14.8. The fourth-order valence-electron chi connectivity index (χ4n) is 3.34. The van der Waals surface area contributed by atoms with Gasteiger partial charge in [0.25, 0.3) is 5.56 Å². The molecular formula is C18H25N2O+. The van der Waals surface area contributed by atoms with E-state index in [1.54, 1.807) is 0 Å². The number of hydrogen-bond donors (Lipinski definition) is 2. The van der Waals surface area contributed by atoms with Crippen molar-refractivity contribution < 1.29 is 5.32 Å². The van der Waals surface area contributed by atoms with Gasteiger partial charge in [-0.1, -0.05) is 6.42 Å². The lowest BCUT2D eigenvalue weighted by Gasteiger charge is -2.19. The van der Waals surface area contributed by atoms with Crippen LogP contribution in [-0.4, -0.2) is 11.0 Å². The fraction of sp³-hybridized carbons (Fsp3) is 0.500. The molecule has 21 heavy (non-hydrogen) atoms. The van der Waals surface area contributed by atoms with E-state index in [-0.39, 0.29) is 5.56 Å². The van der Waals surface area contributed by atoms with Gasteiger partial charge in [0, 0.05) is 5.52 Å². The lowest BCUT2D eigenvalue weighted by atomic mass is 9.95. The quantitative estimate of drug-likeness (QED) is 0.894. The van der Waals surface area contributed by atoms with Crippen LogP contribution in [0.5, 0.6) is 0 Å². The van der Waals surface area contributed by atoms with Gasteiger partial charge in [-0.15, -0.1) is 0 Å². The van der Waals surface area contributed by atoms with E-state index in [1.165, 1.54) is 43.2 Å². The molecule has 1 aromatic heterocycles. The minimum atomic E-state index is 0.0674. The molecule has 1 heterocycles. The summed E-state index contributed by atoms with van der Waals surface area (Å²) in [7, 11) is 0. The van der Waals surface area contributed by atoms with E-state index in [4.69, 9.17) is 0 Å². The zero-order valence-electron chi connectivity index (χ0n) is 13.0. The predicted octanol–water partition coefficient (Wildman–Crippen LogP) is 2.54. The van der Waals surface area contributed by atoms with Crippen LogP contribution in [0.25, 0.3) is 10.9 Å². The maximum Gasteiger partial charge on any atom is 0.257 e. The van der Waals surface area contributed by atoms with Crippen molar-refractivity contribution >= 4 is 10.9 Å². The second-order valence-electron chi connectivity index (χ2n) is 6.49. The maximum absolute atomic E-state index is 12.2. The Kier molecular flexibility index (Phi) is 4.11. The van der Waals surface area contributed by atoms with Crippen molar-refractivity contribution in [2.24, 2.45) is 0 Å². The summed E-state index contributed by atoms with van der Waals surface area (Å²) in [6.07, 6.45) is 6.65. The molecule has 3 N–H and O–H groups in total. The van der Waals surface area contributed by atoms with Gasteiger partial charge < -0.3 is 10.3 Å². The van der Waals surface area contributed by atoms with Gasteiger partial charge in [0.1, 0.15) is 6.54 Å². The first-order chi connectivity index (χ1) is 10.1. The van der Waals surface area contributed by atoms with Crippen molar-refractivity contribution in [1.29, 1.82) is 0 Å². The Morgan fingerprint density at radius 2 is 1.81 bits per heavy atom. The van der Waals surface area contributed by atoms with Gasteiger partial charge in [0.2, 0.25) is 0 Å². The molecule has 0 spiro atoms. The first-order valence-electron chi connectivity index (χ1n) is 8.10. The van der Waals surface area contributed by atoms with E-state index in [9.17, 15) is 4.79 Å². The van der Waals surface area contributed by atoms with Crippen molar-refractivity contribution in [3.8, 4) is 0 Å². The molecule has 0 bridgehead atoms. The van der Waals surface area contributed by atoms with Crippen LogP contribution < -0.4 is 10.9 Å². The Hall–Kier alpha value is -1.61. The Bertz CT molecular complexity index is 696. The van der Waals surface area contributed by atoms with Crippen molar-refractivity contribution in [2.75, 3.05) is 0 Å². The average Bonchev–Trinajstić information content (AvgIpc) is 2.48. The monoisotopic (exact) mass is 285 g/mol. The summed E-state index contributed by atoms with van der Waals surface area (Å²) in [5, 5.41) is 3.50. The number of H-pyrrole nitrogens is 1. The molecule has 3 heteroatoms. The minimum Gasteiger partial charge on any atom is -0.340 e. The highest BCUT2D eigenvalue weighted by molar-refractivity contribution is 5.80. The van der Waals surface area contributed by atoms with Crippen LogP contribution in [-0.2, 0) is 6.54 Å². The molecule has 1 aliphatic carbocycles. The molecule has 1 aromatic carbocycles. The first-order valence-corrected chi connectivity index (χ1v) is 8.10. The fourth-order valence-corrected chi connectivity index (χ4v) is 3.34. The average molecular weight is 285 g/mol. The van der Waals surface area contributed by atoms with Crippen molar-refractivity contribution in [3.63, 3.8) is 0 Å². The van der Waals surface area contributed by atoms with Gasteiger partial charge in [0.15, 0.2) is 0 Å². The number of aryl methyl sites for hydroxylation is 2. The van der Waals surface area contributed by atoms with E-state index in [1.807, 2.05) is 0 Å². The van der Waals surface area contributed by atoms with Crippen LogP contribution in [0.15, 0.2) is 23.0 Å². The normalized spacial score (nSPS) is 16.5. The van der Waals surface area contributed by atoms with E-state index in [2.05, 4.69) is 42.3 Å². The number of fused-ring (bicyclic) bond motifs is 1. The number of aromatic nitrogens is 1. The number of aromatic amines is 1. The predicted molar refractivity (Wildman–Crippen MR) is 86.5 cm³/mol. The van der Waals surface area contributed by atoms with Gasteiger partial charge in [-0.05, 0) is 74.2 Å². The van der Waals surface area contributed by atoms with Crippen LogP contribution in [0, 0.1) is 13.8 Å². The Balaban J connectivity index is 1.83. The van der Waals surface area contributed by atoms with Crippen molar-refractivity contribution in [3.05, 3.63) is 45.2 Å². The third-order valence-electron chi connectivity index (χ3n) is 4.86. The highest BCUT2D eigenvalue weighted by Crippen LogP contribution is 2.17. The summed E-state index contributed by atoms with van der Waals surface area (Å²) in [6, 6.07) is 7.01. The third-order valence-corrected chi connectivity index (χ3v) is 4.86. The molecule has 112 valence electrons. The largest absolute Gasteiger partial charge is 0.340 e. The second kappa shape index (κ2) is 6.02. The molecule has 1 fully saturated rings. The smallest absolute Gasteiger partial charge is 0.257 e. The summed E-state index contributed by atoms with van der Waals surface area (Å²) in [6.45, 7) is 4.99. The van der Waals surface area contributed by atoms with Gasteiger partial charge in [-0.25, -0.2) is 0 Å². The lowest BCUT2D eigenvalue weighted by Crippen LogP contribution is -2.89.